The standard InChI is InChI=1S/C50H47BN2OS/c1-4-49(5-2,6-3)34-20-22-38-42(28-34)52(36-14-8-7-9-15-36)43-30-37(53-40-16-10-12-18-46(40)55-47-19-13-11-17-41(47)53)31-45-48(43)51(38)39-23-21-35(29-44(39)54-45)50-26-24-33(32-50)25-27-50/h7-23,28-31,33H,4-6,24-27,32H2,1-3H3. The molecule has 0 aromatic heterocycles. The molecule has 2 aliphatic carbocycles. The first-order chi connectivity index (χ1) is 27.0. The first kappa shape index (κ1) is 33.5. The molecule has 0 atom stereocenters. The maximum atomic E-state index is 7.31. The van der Waals surface area contributed by atoms with E-state index in [4.69, 9.17) is 4.74 Å². The van der Waals surface area contributed by atoms with Gasteiger partial charge in [-0.3, -0.25) is 0 Å². The summed E-state index contributed by atoms with van der Waals surface area (Å²) >= 11 is 1.86. The molecule has 0 N–H and O–H groups in total. The van der Waals surface area contributed by atoms with Crippen molar-refractivity contribution in [3.05, 3.63) is 139 Å². The monoisotopic (exact) mass is 734 g/mol. The summed E-state index contributed by atoms with van der Waals surface area (Å²) in [5, 5.41) is 0. The van der Waals surface area contributed by atoms with Crippen LogP contribution >= 0.6 is 11.8 Å². The van der Waals surface area contributed by atoms with Gasteiger partial charge in [-0.05, 0) is 150 Å². The van der Waals surface area contributed by atoms with E-state index < -0.39 is 0 Å². The topological polar surface area (TPSA) is 15.7 Å². The van der Waals surface area contributed by atoms with Crippen molar-refractivity contribution in [1.82, 2.24) is 0 Å². The van der Waals surface area contributed by atoms with E-state index in [9.17, 15) is 0 Å². The number of anilines is 6. The fourth-order valence-electron chi connectivity index (χ4n) is 11.3. The number of fused-ring (bicyclic) bond motifs is 8. The zero-order valence-corrected chi connectivity index (χ0v) is 33.0. The van der Waals surface area contributed by atoms with Crippen molar-refractivity contribution in [2.24, 2.45) is 5.92 Å². The Bertz CT molecular complexity index is 2430. The zero-order valence-electron chi connectivity index (χ0n) is 32.1. The molecule has 6 aromatic carbocycles. The molecule has 5 heteroatoms. The summed E-state index contributed by atoms with van der Waals surface area (Å²) in [7, 11) is 0. The van der Waals surface area contributed by atoms with E-state index >= 15 is 0 Å². The van der Waals surface area contributed by atoms with Gasteiger partial charge in [0.05, 0.1) is 17.1 Å². The Morgan fingerprint density at radius 2 is 1.29 bits per heavy atom. The number of hydrogen-bond acceptors (Lipinski definition) is 4. The smallest absolute Gasteiger partial charge is 0.256 e. The second kappa shape index (κ2) is 12.6. The molecule has 2 bridgehead atoms. The molecule has 2 fully saturated rings. The van der Waals surface area contributed by atoms with E-state index in [-0.39, 0.29) is 12.1 Å². The highest BCUT2D eigenvalue weighted by Crippen LogP contribution is 2.57. The Morgan fingerprint density at radius 1 is 0.636 bits per heavy atom. The van der Waals surface area contributed by atoms with Crippen LogP contribution in [0.3, 0.4) is 0 Å². The molecule has 2 saturated carbocycles. The van der Waals surface area contributed by atoms with Gasteiger partial charge in [0, 0.05) is 32.9 Å². The van der Waals surface area contributed by atoms with Gasteiger partial charge in [-0.2, -0.15) is 0 Å². The second-order valence-corrected chi connectivity index (χ2v) is 17.8. The Labute approximate surface area is 330 Å². The fourth-order valence-corrected chi connectivity index (χ4v) is 12.4. The third kappa shape index (κ3) is 4.91. The zero-order chi connectivity index (χ0) is 36.9. The summed E-state index contributed by atoms with van der Waals surface area (Å²) in [5.41, 5.74) is 14.4. The largest absolute Gasteiger partial charge is 0.458 e. The summed E-state index contributed by atoms with van der Waals surface area (Å²) in [4.78, 5) is 7.52. The SMILES string of the molecule is CCC(CC)(CC)c1ccc2c(c1)N(c1ccccc1)c1cc(N3c4ccccc4Sc4ccccc43)cc3c1B2c1ccc(C24CCC(CC2)C4)cc1O3. The van der Waals surface area contributed by atoms with Gasteiger partial charge in [-0.1, -0.05) is 99.3 Å². The van der Waals surface area contributed by atoms with Crippen molar-refractivity contribution >= 4 is 69.0 Å². The molecule has 3 nitrogen and oxygen atoms in total. The number of hydrogen-bond donors (Lipinski definition) is 0. The predicted octanol–water partition coefficient (Wildman–Crippen LogP) is 12.3. The van der Waals surface area contributed by atoms with Gasteiger partial charge in [0.15, 0.2) is 0 Å². The van der Waals surface area contributed by atoms with Gasteiger partial charge in [0.2, 0.25) is 0 Å². The second-order valence-electron chi connectivity index (χ2n) is 16.8. The number of nitrogens with zero attached hydrogens (tertiary/aromatic N) is 2. The van der Waals surface area contributed by atoms with E-state index in [1.165, 1.54) is 97.8 Å². The van der Waals surface area contributed by atoms with Crippen LogP contribution in [0.5, 0.6) is 11.5 Å². The Balaban J connectivity index is 1.19. The molecule has 0 amide bonds. The highest BCUT2D eigenvalue weighted by Gasteiger charge is 2.48. The molecule has 6 aromatic rings. The minimum atomic E-state index is 0.0639. The van der Waals surface area contributed by atoms with Gasteiger partial charge < -0.3 is 14.5 Å². The maximum absolute atomic E-state index is 7.31. The molecule has 0 saturated heterocycles. The lowest BCUT2D eigenvalue weighted by atomic mass is 9.34. The van der Waals surface area contributed by atoms with Gasteiger partial charge in [-0.15, -0.1) is 0 Å². The molecule has 272 valence electrons. The molecule has 0 spiro atoms. The first-order valence-corrected chi connectivity index (χ1v) is 21.5. The lowest BCUT2D eigenvalue weighted by Crippen LogP contribution is -2.59. The van der Waals surface area contributed by atoms with Gasteiger partial charge in [-0.25, -0.2) is 0 Å². The van der Waals surface area contributed by atoms with Gasteiger partial charge in [0.25, 0.3) is 6.71 Å². The van der Waals surface area contributed by atoms with Crippen LogP contribution < -0.4 is 30.9 Å². The Hall–Kier alpha value is -4.87. The highest BCUT2D eigenvalue weighted by atomic mass is 32.2. The average molecular weight is 735 g/mol. The van der Waals surface area contributed by atoms with Crippen LogP contribution in [0.1, 0.15) is 83.3 Å². The van der Waals surface area contributed by atoms with Gasteiger partial charge in [0.1, 0.15) is 11.5 Å². The molecule has 55 heavy (non-hydrogen) atoms. The third-order valence-electron chi connectivity index (χ3n) is 14.5. The van der Waals surface area contributed by atoms with Crippen LogP contribution in [0.4, 0.5) is 34.1 Å². The molecule has 0 unspecified atom stereocenters. The maximum Gasteiger partial charge on any atom is 0.256 e. The van der Waals surface area contributed by atoms with Crippen molar-refractivity contribution in [1.29, 1.82) is 0 Å². The minimum Gasteiger partial charge on any atom is -0.458 e. The van der Waals surface area contributed by atoms with Crippen molar-refractivity contribution in [3.8, 4) is 11.5 Å². The van der Waals surface area contributed by atoms with Crippen LogP contribution in [-0.2, 0) is 10.8 Å². The lowest BCUT2D eigenvalue weighted by molar-refractivity contribution is 0.382. The van der Waals surface area contributed by atoms with Crippen LogP contribution in [0.25, 0.3) is 0 Å². The number of ether oxygens (including phenoxy) is 1. The Kier molecular flexibility index (Phi) is 7.65. The summed E-state index contributed by atoms with van der Waals surface area (Å²) in [6.45, 7) is 7.16. The molecule has 3 aliphatic heterocycles. The summed E-state index contributed by atoms with van der Waals surface area (Å²) in [6, 6.07) is 48.3. The van der Waals surface area contributed by atoms with Crippen molar-refractivity contribution in [2.75, 3.05) is 9.80 Å². The number of rotatable bonds is 7. The van der Waals surface area contributed by atoms with Crippen LogP contribution in [0.15, 0.2) is 137 Å². The molecule has 0 radical (unpaired) electrons. The van der Waals surface area contributed by atoms with E-state index in [0.29, 0.717) is 5.41 Å². The minimum absolute atomic E-state index is 0.0639. The molecule has 11 rings (SSSR count). The van der Waals surface area contributed by atoms with Gasteiger partial charge >= 0.3 is 0 Å². The van der Waals surface area contributed by atoms with Crippen LogP contribution in [0.2, 0.25) is 0 Å². The van der Waals surface area contributed by atoms with Crippen molar-refractivity contribution in [3.63, 3.8) is 0 Å². The van der Waals surface area contributed by atoms with Crippen LogP contribution in [-0.4, -0.2) is 6.71 Å². The predicted molar refractivity (Wildman–Crippen MR) is 232 cm³/mol. The summed E-state index contributed by atoms with van der Waals surface area (Å²) < 4.78 is 7.31. The number of benzene rings is 6. The number of para-hydroxylation sites is 3. The van der Waals surface area contributed by atoms with E-state index in [1.54, 1.807) is 0 Å². The van der Waals surface area contributed by atoms with E-state index in [2.05, 4.69) is 158 Å². The normalized spacial score (nSPS) is 20.0. The summed E-state index contributed by atoms with van der Waals surface area (Å²) in [6.07, 6.45) is 10.0. The highest BCUT2D eigenvalue weighted by molar-refractivity contribution is 7.99. The van der Waals surface area contributed by atoms with Crippen molar-refractivity contribution in [2.45, 2.75) is 92.8 Å². The Morgan fingerprint density at radius 3 is 1.96 bits per heavy atom. The molecular formula is C50H47BN2OS. The molecule has 5 aliphatic rings. The average Bonchev–Trinajstić information content (AvgIpc) is 3.87. The lowest BCUT2D eigenvalue weighted by Gasteiger charge is -2.43. The first-order valence-electron chi connectivity index (χ1n) is 20.7. The van der Waals surface area contributed by atoms with E-state index in [1.807, 2.05) is 11.8 Å². The fraction of sp³-hybridized carbons (Fsp3) is 0.280. The summed E-state index contributed by atoms with van der Waals surface area (Å²) in [5.74, 6) is 2.89. The van der Waals surface area contributed by atoms with Crippen molar-refractivity contribution < 1.29 is 4.74 Å². The molecular weight excluding hydrogens is 687 g/mol. The molecule has 3 heterocycles. The van der Waals surface area contributed by atoms with Crippen LogP contribution in [0, 0.1) is 5.92 Å². The quantitative estimate of drug-likeness (QED) is 0.151. The third-order valence-corrected chi connectivity index (χ3v) is 15.6. The van der Waals surface area contributed by atoms with E-state index in [0.717, 1.165) is 42.4 Å².